The number of nitrogens with one attached hydrogen (secondary N) is 1. The van der Waals surface area contributed by atoms with Gasteiger partial charge in [0.15, 0.2) is 0 Å². The van der Waals surface area contributed by atoms with Gasteiger partial charge in [-0.1, -0.05) is 30.3 Å². The highest BCUT2D eigenvalue weighted by Gasteiger charge is 2.23. The Kier molecular flexibility index (Phi) is 4.39. The maximum Gasteiger partial charge on any atom is 0.126 e. The van der Waals surface area contributed by atoms with Gasteiger partial charge in [0.25, 0.3) is 0 Å². The van der Waals surface area contributed by atoms with Crippen molar-refractivity contribution in [3.8, 4) is 5.75 Å². The molecular formula is C17H22N2O2. The molecule has 4 heteroatoms. The van der Waals surface area contributed by atoms with Gasteiger partial charge in [-0.2, -0.15) is 0 Å². The fourth-order valence-electron chi connectivity index (χ4n) is 3.17. The molecule has 0 spiro atoms. The van der Waals surface area contributed by atoms with Crippen molar-refractivity contribution in [3.63, 3.8) is 0 Å². The molecule has 1 fully saturated rings. The van der Waals surface area contributed by atoms with Crippen LogP contribution in [0.1, 0.15) is 11.6 Å². The van der Waals surface area contributed by atoms with Gasteiger partial charge >= 0.3 is 0 Å². The SMILES string of the molecule is COc1ccc(C(CO)N2CCNCC2)c2ccccc12. The van der Waals surface area contributed by atoms with Gasteiger partial charge in [-0.05, 0) is 17.0 Å². The lowest BCUT2D eigenvalue weighted by Crippen LogP contribution is -2.46. The van der Waals surface area contributed by atoms with Crippen molar-refractivity contribution in [2.45, 2.75) is 6.04 Å². The number of hydrogen-bond donors (Lipinski definition) is 2. The number of nitrogens with zero attached hydrogens (tertiary/aromatic N) is 1. The lowest BCUT2D eigenvalue weighted by molar-refractivity contribution is 0.111. The van der Waals surface area contributed by atoms with Crippen LogP contribution in [-0.4, -0.2) is 49.9 Å². The molecule has 1 heterocycles. The Hall–Kier alpha value is -1.62. The van der Waals surface area contributed by atoms with E-state index in [-0.39, 0.29) is 12.6 Å². The van der Waals surface area contributed by atoms with Crippen LogP contribution in [0.3, 0.4) is 0 Å². The van der Waals surface area contributed by atoms with E-state index in [0.29, 0.717) is 0 Å². The largest absolute Gasteiger partial charge is 0.496 e. The van der Waals surface area contributed by atoms with Gasteiger partial charge in [0.2, 0.25) is 0 Å². The molecule has 1 saturated heterocycles. The van der Waals surface area contributed by atoms with Crippen LogP contribution in [0.2, 0.25) is 0 Å². The monoisotopic (exact) mass is 286 g/mol. The zero-order chi connectivity index (χ0) is 14.7. The molecule has 0 saturated carbocycles. The molecule has 112 valence electrons. The van der Waals surface area contributed by atoms with Gasteiger partial charge < -0.3 is 15.2 Å². The van der Waals surface area contributed by atoms with Crippen LogP contribution in [0.5, 0.6) is 5.75 Å². The molecule has 2 aromatic rings. The Bertz CT molecular complexity index is 609. The Balaban J connectivity index is 2.05. The van der Waals surface area contributed by atoms with E-state index >= 15 is 0 Å². The number of methoxy groups -OCH3 is 1. The minimum Gasteiger partial charge on any atom is -0.496 e. The second-order valence-corrected chi connectivity index (χ2v) is 5.39. The van der Waals surface area contributed by atoms with Crippen molar-refractivity contribution in [1.82, 2.24) is 10.2 Å². The number of aliphatic hydroxyl groups excluding tert-OH is 1. The summed E-state index contributed by atoms with van der Waals surface area (Å²) < 4.78 is 5.46. The number of piperazine rings is 1. The van der Waals surface area contributed by atoms with Crippen LogP contribution in [-0.2, 0) is 0 Å². The molecule has 2 N–H and O–H groups in total. The van der Waals surface area contributed by atoms with Crippen molar-refractivity contribution >= 4 is 10.8 Å². The van der Waals surface area contributed by atoms with Crippen LogP contribution in [0.15, 0.2) is 36.4 Å². The third-order valence-corrected chi connectivity index (χ3v) is 4.26. The highest BCUT2D eigenvalue weighted by molar-refractivity contribution is 5.91. The van der Waals surface area contributed by atoms with E-state index in [2.05, 4.69) is 28.4 Å². The predicted octanol–water partition coefficient (Wildman–Crippen LogP) is 1.79. The first-order chi connectivity index (χ1) is 10.3. The van der Waals surface area contributed by atoms with E-state index < -0.39 is 0 Å². The summed E-state index contributed by atoms with van der Waals surface area (Å²) in [4.78, 5) is 2.35. The Labute approximate surface area is 125 Å². The van der Waals surface area contributed by atoms with Crippen LogP contribution in [0, 0.1) is 0 Å². The van der Waals surface area contributed by atoms with Gasteiger partial charge in [0.1, 0.15) is 5.75 Å². The van der Waals surface area contributed by atoms with E-state index in [1.165, 1.54) is 5.56 Å². The first kappa shape index (κ1) is 14.3. The number of hydrogen-bond acceptors (Lipinski definition) is 4. The summed E-state index contributed by atoms with van der Waals surface area (Å²) in [6.45, 7) is 4.02. The molecule has 1 aliphatic heterocycles. The Morgan fingerprint density at radius 3 is 2.52 bits per heavy atom. The zero-order valence-electron chi connectivity index (χ0n) is 12.4. The van der Waals surface area contributed by atoms with E-state index in [1.54, 1.807) is 7.11 Å². The van der Waals surface area contributed by atoms with E-state index in [9.17, 15) is 5.11 Å². The summed E-state index contributed by atoms with van der Waals surface area (Å²) >= 11 is 0. The second-order valence-electron chi connectivity index (χ2n) is 5.39. The van der Waals surface area contributed by atoms with Crippen molar-refractivity contribution in [1.29, 1.82) is 0 Å². The fraction of sp³-hybridized carbons (Fsp3) is 0.412. The Morgan fingerprint density at radius 2 is 1.86 bits per heavy atom. The van der Waals surface area contributed by atoms with E-state index in [0.717, 1.165) is 42.7 Å². The van der Waals surface area contributed by atoms with Gasteiger partial charge in [0, 0.05) is 31.6 Å². The molecule has 4 nitrogen and oxygen atoms in total. The minimum absolute atomic E-state index is 0.0444. The maximum atomic E-state index is 9.92. The number of fused-ring (bicyclic) bond motifs is 1. The van der Waals surface area contributed by atoms with E-state index in [4.69, 9.17) is 4.74 Å². The van der Waals surface area contributed by atoms with Gasteiger partial charge in [-0.25, -0.2) is 0 Å². The third-order valence-electron chi connectivity index (χ3n) is 4.26. The molecule has 0 aliphatic carbocycles. The molecule has 1 aliphatic rings. The summed E-state index contributed by atoms with van der Waals surface area (Å²) in [6.07, 6.45) is 0. The van der Waals surface area contributed by atoms with Crippen LogP contribution < -0.4 is 10.1 Å². The van der Waals surface area contributed by atoms with Gasteiger partial charge in [-0.15, -0.1) is 0 Å². The lowest BCUT2D eigenvalue weighted by atomic mass is 9.97. The van der Waals surface area contributed by atoms with E-state index in [1.807, 2.05) is 18.2 Å². The van der Waals surface area contributed by atoms with Crippen LogP contribution in [0.25, 0.3) is 10.8 Å². The molecule has 2 aromatic carbocycles. The van der Waals surface area contributed by atoms with Crippen molar-refractivity contribution in [3.05, 3.63) is 42.0 Å². The number of benzene rings is 2. The minimum atomic E-state index is 0.0444. The summed E-state index contributed by atoms with van der Waals surface area (Å²) in [6, 6.07) is 12.4. The summed E-state index contributed by atoms with van der Waals surface area (Å²) in [5.74, 6) is 0.881. The average Bonchev–Trinajstić information content (AvgIpc) is 2.56. The van der Waals surface area contributed by atoms with Crippen molar-refractivity contribution in [2.24, 2.45) is 0 Å². The first-order valence-corrected chi connectivity index (χ1v) is 7.46. The topological polar surface area (TPSA) is 44.7 Å². The summed E-state index contributed by atoms with van der Waals surface area (Å²) in [5.41, 5.74) is 1.18. The smallest absolute Gasteiger partial charge is 0.126 e. The fourth-order valence-corrected chi connectivity index (χ4v) is 3.17. The average molecular weight is 286 g/mol. The second kappa shape index (κ2) is 6.43. The normalized spacial score (nSPS) is 17.8. The summed E-state index contributed by atoms with van der Waals surface area (Å²) in [5, 5.41) is 15.5. The number of ether oxygens (including phenoxy) is 1. The first-order valence-electron chi connectivity index (χ1n) is 7.46. The standard InChI is InChI=1S/C17H22N2O2/c1-21-17-7-6-14(13-4-2-3-5-15(13)17)16(12-20)19-10-8-18-9-11-19/h2-7,16,18,20H,8-12H2,1H3. The van der Waals surface area contributed by atoms with Crippen LogP contribution >= 0.6 is 0 Å². The summed E-state index contributed by atoms with van der Waals surface area (Å²) in [7, 11) is 1.70. The third kappa shape index (κ3) is 2.75. The molecule has 0 radical (unpaired) electrons. The highest BCUT2D eigenvalue weighted by Crippen LogP contribution is 2.33. The lowest BCUT2D eigenvalue weighted by Gasteiger charge is -2.34. The number of aliphatic hydroxyl groups is 1. The Morgan fingerprint density at radius 1 is 1.14 bits per heavy atom. The van der Waals surface area contributed by atoms with Crippen LogP contribution in [0.4, 0.5) is 0 Å². The molecule has 0 amide bonds. The number of rotatable bonds is 4. The molecule has 1 atom stereocenters. The molecule has 0 bridgehead atoms. The van der Waals surface area contributed by atoms with Crippen molar-refractivity contribution < 1.29 is 9.84 Å². The zero-order valence-corrected chi connectivity index (χ0v) is 12.4. The molecule has 21 heavy (non-hydrogen) atoms. The quantitative estimate of drug-likeness (QED) is 0.899. The molecule has 0 aromatic heterocycles. The molecular weight excluding hydrogens is 264 g/mol. The molecule has 3 rings (SSSR count). The molecule has 1 unspecified atom stereocenters. The predicted molar refractivity (Wildman–Crippen MR) is 84.8 cm³/mol. The maximum absolute atomic E-state index is 9.92. The highest BCUT2D eigenvalue weighted by atomic mass is 16.5. The van der Waals surface area contributed by atoms with Gasteiger partial charge in [-0.3, -0.25) is 4.90 Å². The van der Waals surface area contributed by atoms with Gasteiger partial charge in [0.05, 0.1) is 19.8 Å². The van der Waals surface area contributed by atoms with Crippen molar-refractivity contribution in [2.75, 3.05) is 39.9 Å².